The second kappa shape index (κ2) is 12.7. The van der Waals surface area contributed by atoms with Crippen molar-refractivity contribution in [3.8, 4) is 11.5 Å². The summed E-state index contributed by atoms with van der Waals surface area (Å²) in [5.41, 5.74) is 3.72. The Morgan fingerprint density at radius 2 is 1.92 bits per heavy atom. The van der Waals surface area contributed by atoms with Gasteiger partial charge in [-0.3, -0.25) is 9.59 Å². The molecule has 1 unspecified atom stereocenters. The van der Waals surface area contributed by atoms with Crippen molar-refractivity contribution in [3.63, 3.8) is 0 Å². The van der Waals surface area contributed by atoms with Gasteiger partial charge in [0.15, 0.2) is 16.7 Å². The van der Waals surface area contributed by atoms with Crippen LogP contribution >= 0.6 is 34.4 Å². The van der Waals surface area contributed by atoms with Crippen LogP contribution in [0.4, 0.5) is 5.69 Å². The van der Waals surface area contributed by atoms with E-state index in [1.54, 1.807) is 25.5 Å². The lowest BCUT2D eigenvalue weighted by molar-refractivity contribution is -0.122. The van der Waals surface area contributed by atoms with Crippen LogP contribution in [0.15, 0.2) is 76.9 Å². The topological polar surface area (TPSA) is 101 Å². The zero-order chi connectivity index (χ0) is 26.2. The number of hydrogen-bond acceptors (Lipinski definition) is 7. The number of thioether (sulfide) groups is 1. The molecule has 4 rings (SSSR count). The summed E-state index contributed by atoms with van der Waals surface area (Å²) in [5.74, 6) is 0.733. The molecule has 2 N–H and O–H groups in total. The van der Waals surface area contributed by atoms with Crippen LogP contribution in [0.25, 0.3) is 0 Å². The maximum atomic E-state index is 12.3. The van der Waals surface area contributed by atoms with Crippen LogP contribution in [0, 0.1) is 10.5 Å². The van der Waals surface area contributed by atoms with Crippen molar-refractivity contribution < 1.29 is 19.1 Å². The van der Waals surface area contributed by atoms with Crippen molar-refractivity contribution >= 4 is 63.2 Å². The predicted molar refractivity (Wildman–Crippen MR) is 155 cm³/mol. The van der Waals surface area contributed by atoms with Gasteiger partial charge in [0.25, 0.3) is 0 Å². The monoisotopic (exact) mass is 628 g/mol. The van der Waals surface area contributed by atoms with Crippen LogP contribution in [-0.2, 0) is 16.2 Å². The number of ether oxygens (including phenoxy) is 2. The number of halogens is 1. The Morgan fingerprint density at radius 3 is 2.68 bits per heavy atom. The molecule has 0 radical (unpaired) electrons. The fraction of sp³-hybridized carbons (Fsp3) is 0.185. The lowest BCUT2D eigenvalue weighted by Crippen LogP contribution is -2.28. The molecule has 1 heterocycles. The van der Waals surface area contributed by atoms with Crippen LogP contribution < -0.4 is 20.1 Å². The van der Waals surface area contributed by atoms with Crippen molar-refractivity contribution in [2.45, 2.75) is 25.2 Å². The van der Waals surface area contributed by atoms with Gasteiger partial charge in [-0.05, 0) is 70.5 Å². The average Bonchev–Trinajstić information content (AvgIpc) is 3.23. The van der Waals surface area contributed by atoms with Gasteiger partial charge in [0.1, 0.15) is 11.9 Å². The Morgan fingerprint density at radius 1 is 1.16 bits per heavy atom. The third kappa shape index (κ3) is 7.32. The SMILES string of the molecule is COc1cc(/C=N/N=C2/NC(=O)C(CC(=O)Nc3ccccc3)S2)cc(I)c1OCc1ccccc1C. The summed E-state index contributed by atoms with van der Waals surface area (Å²) in [6.45, 7) is 2.48. The van der Waals surface area contributed by atoms with Crippen molar-refractivity contribution in [2.24, 2.45) is 10.2 Å². The first-order valence-corrected chi connectivity index (χ1v) is 13.4. The quantitative estimate of drug-likeness (QED) is 0.194. The Bertz CT molecular complexity index is 1350. The van der Waals surface area contributed by atoms with E-state index < -0.39 is 5.25 Å². The number of aryl methyl sites for hydroxylation is 1. The van der Waals surface area contributed by atoms with Gasteiger partial charge in [0, 0.05) is 12.1 Å². The smallest absolute Gasteiger partial charge is 0.240 e. The summed E-state index contributed by atoms with van der Waals surface area (Å²) >= 11 is 3.38. The number of benzene rings is 3. The number of carbonyl (C=O) groups is 2. The zero-order valence-electron chi connectivity index (χ0n) is 20.2. The van der Waals surface area contributed by atoms with Gasteiger partial charge in [0.05, 0.1) is 16.9 Å². The van der Waals surface area contributed by atoms with Gasteiger partial charge in [-0.25, -0.2) is 0 Å². The first-order valence-electron chi connectivity index (χ1n) is 11.4. The van der Waals surface area contributed by atoms with E-state index in [0.717, 1.165) is 20.3 Å². The molecule has 2 amide bonds. The Hall–Kier alpha value is -3.38. The Balaban J connectivity index is 1.37. The Kier molecular flexibility index (Phi) is 9.18. The number of rotatable bonds is 9. The molecule has 3 aromatic rings. The van der Waals surface area contributed by atoms with Gasteiger partial charge < -0.3 is 20.1 Å². The highest BCUT2D eigenvalue weighted by Gasteiger charge is 2.32. The third-order valence-electron chi connectivity index (χ3n) is 5.45. The molecule has 0 aromatic heterocycles. The van der Waals surface area contributed by atoms with Gasteiger partial charge in [0.2, 0.25) is 11.8 Å². The van der Waals surface area contributed by atoms with E-state index in [-0.39, 0.29) is 18.2 Å². The number of amidine groups is 1. The lowest BCUT2D eigenvalue weighted by Gasteiger charge is -2.14. The molecular weight excluding hydrogens is 603 g/mol. The number of nitrogens with one attached hydrogen (secondary N) is 2. The molecule has 190 valence electrons. The second-order valence-corrected chi connectivity index (χ2v) is 10.5. The first kappa shape index (κ1) is 26.7. The summed E-state index contributed by atoms with van der Waals surface area (Å²) in [6, 6.07) is 20.9. The molecule has 10 heteroatoms. The summed E-state index contributed by atoms with van der Waals surface area (Å²) in [7, 11) is 1.59. The second-order valence-electron chi connectivity index (χ2n) is 8.11. The standard InChI is InChI=1S/C27H25IN4O4S/c1-17-8-6-7-9-19(17)16-36-25-21(28)12-18(13-22(25)35-2)15-29-32-27-31-26(34)23(37-27)14-24(33)30-20-10-4-3-5-11-20/h3-13,15,23H,14,16H2,1-2H3,(H,30,33)(H,31,32,34)/b29-15+. The van der Waals surface area contributed by atoms with Crippen LogP contribution in [0.2, 0.25) is 0 Å². The summed E-state index contributed by atoms with van der Waals surface area (Å²) < 4.78 is 12.5. The molecule has 1 fully saturated rings. The fourth-order valence-electron chi connectivity index (χ4n) is 3.51. The molecule has 1 atom stereocenters. The highest BCUT2D eigenvalue weighted by Crippen LogP contribution is 2.34. The van der Waals surface area contributed by atoms with Crippen molar-refractivity contribution in [2.75, 3.05) is 12.4 Å². The molecule has 1 aliphatic rings. The summed E-state index contributed by atoms with van der Waals surface area (Å²) in [6.07, 6.45) is 1.61. The van der Waals surface area contributed by atoms with Gasteiger partial charge in [-0.1, -0.05) is 54.2 Å². The maximum absolute atomic E-state index is 12.3. The highest BCUT2D eigenvalue weighted by atomic mass is 127. The molecular formula is C27H25IN4O4S. The van der Waals surface area contributed by atoms with Crippen LogP contribution in [0.5, 0.6) is 11.5 Å². The minimum atomic E-state index is -0.566. The molecule has 0 spiro atoms. The molecule has 3 aromatic carbocycles. The number of methoxy groups -OCH3 is 1. The number of anilines is 1. The molecule has 8 nitrogen and oxygen atoms in total. The molecule has 0 bridgehead atoms. The van der Waals surface area contributed by atoms with Crippen LogP contribution in [0.3, 0.4) is 0 Å². The average molecular weight is 628 g/mol. The van der Waals surface area contributed by atoms with Crippen LogP contribution in [0.1, 0.15) is 23.1 Å². The largest absolute Gasteiger partial charge is 0.493 e. The van der Waals surface area contributed by atoms with Gasteiger partial charge >= 0.3 is 0 Å². The van der Waals surface area contributed by atoms with Crippen molar-refractivity contribution in [1.29, 1.82) is 0 Å². The van der Waals surface area contributed by atoms with E-state index in [0.29, 0.717) is 29.0 Å². The number of nitrogens with zero attached hydrogens (tertiary/aromatic N) is 2. The maximum Gasteiger partial charge on any atom is 0.240 e. The minimum Gasteiger partial charge on any atom is -0.493 e. The first-order chi connectivity index (χ1) is 17.9. The number of hydrogen-bond donors (Lipinski definition) is 2. The number of carbonyl (C=O) groups excluding carboxylic acids is 2. The molecule has 0 aliphatic carbocycles. The van der Waals surface area contributed by atoms with Crippen LogP contribution in [-0.4, -0.2) is 35.6 Å². The fourth-order valence-corrected chi connectivity index (χ4v) is 5.22. The van der Waals surface area contributed by atoms with Crippen molar-refractivity contribution in [3.05, 3.63) is 87.0 Å². The Labute approximate surface area is 233 Å². The predicted octanol–water partition coefficient (Wildman–Crippen LogP) is 5.14. The van der Waals surface area contributed by atoms with E-state index in [1.165, 1.54) is 11.8 Å². The molecule has 1 saturated heterocycles. The van der Waals surface area contributed by atoms with Gasteiger partial charge in [-0.2, -0.15) is 5.10 Å². The number of para-hydroxylation sites is 1. The summed E-state index contributed by atoms with van der Waals surface area (Å²) in [5, 5.41) is 13.5. The van der Waals surface area contributed by atoms with E-state index in [1.807, 2.05) is 48.5 Å². The van der Waals surface area contributed by atoms with Gasteiger partial charge in [-0.15, -0.1) is 5.10 Å². The number of amides is 2. The van der Waals surface area contributed by atoms with E-state index >= 15 is 0 Å². The highest BCUT2D eigenvalue weighted by molar-refractivity contribution is 14.1. The normalized spacial score (nSPS) is 16.1. The molecule has 1 aliphatic heterocycles. The summed E-state index contributed by atoms with van der Waals surface area (Å²) in [4.78, 5) is 24.6. The zero-order valence-corrected chi connectivity index (χ0v) is 23.2. The third-order valence-corrected chi connectivity index (χ3v) is 7.32. The molecule has 37 heavy (non-hydrogen) atoms. The van der Waals surface area contributed by atoms with Crippen molar-refractivity contribution in [1.82, 2.24) is 5.32 Å². The lowest BCUT2D eigenvalue weighted by atomic mass is 10.1. The minimum absolute atomic E-state index is 0.0352. The van der Waals surface area contributed by atoms with E-state index in [9.17, 15) is 9.59 Å². The molecule has 0 saturated carbocycles. The van der Waals surface area contributed by atoms with E-state index in [4.69, 9.17) is 9.47 Å². The van der Waals surface area contributed by atoms with E-state index in [2.05, 4.69) is 56.4 Å².